The van der Waals surface area contributed by atoms with Gasteiger partial charge in [0.25, 0.3) is 0 Å². The van der Waals surface area contributed by atoms with Crippen LogP contribution >= 0.6 is 27.3 Å². The summed E-state index contributed by atoms with van der Waals surface area (Å²) in [7, 11) is 0. The number of nitrogens with two attached hydrogens (primary N) is 1. The zero-order valence-corrected chi connectivity index (χ0v) is 13.5. The Hall–Kier alpha value is -0.780. The zero-order valence-electron chi connectivity index (χ0n) is 11.1. The molecule has 2 N–H and O–H groups in total. The van der Waals surface area contributed by atoms with Crippen molar-refractivity contribution in [1.82, 2.24) is 4.98 Å². The van der Waals surface area contributed by atoms with Gasteiger partial charge in [-0.1, -0.05) is 20.8 Å². The third-order valence-corrected chi connectivity index (χ3v) is 4.47. The van der Waals surface area contributed by atoms with Gasteiger partial charge in [-0.3, -0.25) is 0 Å². The Morgan fingerprint density at radius 3 is 2.63 bits per heavy atom. The first kappa shape index (κ1) is 14.6. The van der Waals surface area contributed by atoms with Gasteiger partial charge in [-0.05, 0) is 39.5 Å². The highest BCUT2D eigenvalue weighted by atomic mass is 79.9. The Bertz CT molecular complexity index is 589. The molecular weight excluding hydrogens is 327 g/mol. The average Bonchev–Trinajstić information content (AvgIpc) is 2.79. The molecule has 19 heavy (non-hydrogen) atoms. The minimum absolute atomic E-state index is 0.0293. The normalized spacial score (nSPS) is 13.6. The molecule has 1 aromatic heterocycles. The molecule has 2 nitrogen and oxygen atoms in total. The van der Waals surface area contributed by atoms with Gasteiger partial charge < -0.3 is 5.73 Å². The summed E-state index contributed by atoms with van der Waals surface area (Å²) in [6.45, 7) is 6.27. The molecule has 5 heteroatoms. The van der Waals surface area contributed by atoms with Gasteiger partial charge in [0.2, 0.25) is 0 Å². The van der Waals surface area contributed by atoms with Crippen molar-refractivity contribution in [3.8, 4) is 11.3 Å². The van der Waals surface area contributed by atoms with Crippen molar-refractivity contribution in [1.29, 1.82) is 0 Å². The van der Waals surface area contributed by atoms with Crippen molar-refractivity contribution in [3.05, 3.63) is 38.9 Å². The van der Waals surface area contributed by atoms with Crippen LogP contribution in [-0.2, 0) is 0 Å². The highest BCUT2D eigenvalue weighted by Crippen LogP contribution is 2.34. The van der Waals surface area contributed by atoms with E-state index in [1.807, 2.05) is 5.38 Å². The number of rotatable bonds is 2. The first-order valence-electron chi connectivity index (χ1n) is 5.95. The van der Waals surface area contributed by atoms with E-state index in [0.29, 0.717) is 4.47 Å². The lowest BCUT2D eigenvalue weighted by Gasteiger charge is -2.24. The second kappa shape index (κ2) is 5.31. The van der Waals surface area contributed by atoms with Crippen LogP contribution in [0.3, 0.4) is 0 Å². The highest BCUT2D eigenvalue weighted by Gasteiger charge is 2.25. The summed E-state index contributed by atoms with van der Waals surface area (Å²) in [4.78, 5) is 4.57. The molecule has 1 aromatic carbocycles. The van der Waals surface area contributed by atoms with Crippen LogP contribution < -0.4 is 5.73 Å². The SMILES string of the molecule is CC(C)(C)C(N)c1nc(-c2ccc(F)c(Br)c2)cs1. The van der Waals surface area contributed by atoms with Gasteiger partial charge in [0.05, 0.1) is 16.2 Å². The van der Waals surface area contributed by atoms with E-state index in [4.69, 9.17) is 5.73 Å². The molecule has 0 saturated heterocycles. The quantitative estimate of drug-likeness (QED) is 0.854. The largest absolute Gasteiger partial charge is 0.322 e. The van der Waals surface area contributed by atoms with Crippen molar-refractivity contribution in [2.24, 2.45) is 11.1 Å². The molecule has 1 heterocycles. The zero-order chi connectivity index (χ0) is 14.2. The molecule has 0 spiro atoms. The summed E-state index contributed by atoms with van der Waals surface area (Å²) in [6.07, 6.45) is 0. The molecule has 102 valence electrons. The number of hydrogen-bond acceptors (Lipinski definition) is 3. The fourth-order valence-corrected chi connectivity index (χ4v) is 3.04. The van der Waals surface area contributed by atoms with Gasteiger partial charge in [0.1, 0.15) is 10.8 Å². The maximum atomic E-state index is 13.2. The van der Waals surface area contributed by atoms with E-state index in [1.165, 1.54) is 6.07 Å². The Morgan fingerprint density at radius 2 is 2.05 bits per heavy atom. The lowest BCUT2D eigenvalue weighted by molar-refractivity contribution is 0.326. The van der Waals surface area contributed by atoms with E-state index in [-0.39, 0.29) is 17.3 Å². The molecule has 0 aliphatic rings. The van der Waals surface area contributed by atoms with E-state index < -0.39 is 0 Å². The van der Waals surface area contributed by atoms with Crippen LogP contribution in [0.15, 0.2) is 28.1 Å². The van der Waals surface area contributed by atoms with E-state index in [0.717, 1.165) is 16.3 Å². The van der Waals surface area contributed by atoms with E-state index in [9.17, 15) is 4.39 Å². The molecule has 0 radical (unpaired) electrons. The maximum absolute atomic E-state index is 13.2. The minimum atomic E-state index is -0.273. The summed E-state index contributed by atoms with van der Waals surface area (Å²) in [5.41, 5.74) is 7.89. The summed E-state index contributed by atoms with van der Waals surface area (Å²) in [5.74, 6) is -0.273. The molecule has 0 bridgehead atoms. The second-order valence-corrected chi connectivity index (χ2v) is 7.29. The third-order valence-electron chi connectivity index (χ3n) is 2.94. The fourth-order valence-electron chi connectivity index (χ4n) is 1.59. The summed E-state index contributed by atoms with van der Waals surface area (Å²) >= 11 is 4.73. The first-order valence-corrected chi connectivity index (χ1v) is 7.63. The minimum Gasteiger partial charge on any atom is -0.322 e. The molecule has 2 rings (SSSR count). The van der Waals surface area contributed by atoms with Gasteiger partial charge >= 0.3 is 0 Å². The number of nitrogens with zero attached hydrogens (tertiary/aromatic N) is 1. The van der Waals surface area contributed by atoms with E-state index >= 15 is 0 Å². The molecule has 0 aliphatic carbocycles. The molecule has 1 atom stereocenters. The topological polar surface area (TPSA) is 38.9 Å². The first-order chi connectivity index (χ1) is 8.79. The van der Waals surface area contributed by atoms with Gasteiger partial charge in [0.15, 0.2) is 0 Å². The summed E-state index contributed by atoms with van der Waals surface area (Å²) < 4.78 is 13.7. The summed E-state index contributed by atoms with van der Waals surface area (Å²) in [5, 5.41) is 2.86. The smallest absolute Gasteiger partial charge is 0.137 e. The van der Waals surface area contributed by atoms with Crippen LogP contribution in [0.5, 0.6) is 0 Å². The average molecular weight is 343 g/mol. The number of halogens is 2. The van der Waals surface area contributed by atoms with Crippen molar-refractivity contribution < 1.29 is 4.39 Å². The molecule has 0 saturated carbocycles. The third kappa shape index (κ3) is 3.22. The van der Waals surface area contributed by atoms with Gasteiger partial charge in [-0.2, -0.15) is 0 Å². The number of hydrogen-bond donors (Lipinski definition) is 1. The van der Waals surface area contributed by atoms with Crippen molar-refractivity contribution in [2.45, 2.75) is 26.8 Å². The number of thiazole rings is 1. The van der Waals surface area contributed by atoms with Crippen LogP contribution in [0.25, 0.3) is 11.3 Å². The standard InChI is InChI=1S/C14H16BrFN2S/c1-14(2,3)12(17)13-18-11(7-19-13)8-4-5-10(16)9(15)6-8/h4-7,12H,17H2,1-3H3. The predicted octanol–water partition coefficient (Wildman–Crippen LogP) is 4.76. The Morgan fingerprint density at radius 1 is 1.37 bits per heavy atom. The van der Waals surface area contributed by atoms with Gasteiger partial charge in [-0.25, -0.2) is 9.37 Å². The highest BCUT2D eigenvalue weighted by molar-refractivity contribution is 9.10. The molecule has 0 aliphatic heterocycles. The molecule has 0 amide bonds. The molecular formula is C14H16BrFN2S. The van der Waals surface area contributed by atoms with Crippen LogP contribution in [0.1, 0.15) is 31.8 Å². The van der Waals surface area contributed by atoms with E-state index in [1.54, 1.807) is 23.5 Å². The van der Waals surface area contributed by atoms with E-state index in [2.05, 4.69) is 41.7 Å². The monoisotopic (exact) mass is 342 g/mol. The predicted molar refractivity (Wildman–Crippen MR) is 81.6 cm³/mol. The molecule has 1 unspecified atom stereocenters. The van der Waals surface area contributed by atoms with Gasteiger partial charge in [0, 0.05) is 10.9 Å². The number of benzene rings is 1. The Balaban J connectivity index is 2.33. The van der Waals surface area contributed by atoms with Crippen LogP contribution in [0.2, 0.25) is 0 Å². The molecule has 2 aromatic rings. The Labute approximate surface area is 125 Å². The van der Waals surface area contributed by atoms with Crippen molar-refractivity contribution in [2.75, 3.05) is 0 Å². The lowest BCUT2D eigenvalue weighted by Crippen LogP contribution is -2.26. The fraction of sp³-hybridized carbons (Fsp3) is 0.357. The summed E-state index contributed by atoms with van der Waals surface area (Å²) in [6, 6.07) is 4.79. The number of aromatic nitrogens is 1. The second-order valence-electron chi connectivity index (χ2n) is 5.54. The van der Waals surface area contributed by atoms with Crippen molar-refractivity contribution in [3.63, 3.8) is 0 Å². The van der Waals surface area contributed by atoms with Crippen LogP contribution in [0, 0.1) is 11.2 Å². The van der Waals surface area contributed by atoms with Crippen molar-refractivity contribution >= 4 is 27.3 Å². The van der Waals surface area contributed by atoms with Gasteiger partial charge in [-0.15, -0.1) is 11.3 Å². The van der Waals surface area contributed by atoms with Crippen LogP contribution in [-0.4, -0.2) is 4.98 Å². The lowest BCUT2D eigenvalue weighted by atomic mass is 9.88. The Kier molecular flexibility index (Phi) is 4.08. The van der Waals surface area contributed by atoms with Crippen LogP contribution in [0.4, 0.5) is 4.39 Å². The maximum Gasteiger partial charge on any atom is 0.137 e. The molecule has 0 fully saturated rings.